The molecule has 6 heteroatoms. The third kappa shape index (κ3) is 4.04. The first-order valence-corrected chi connectivity index (χ1v) is 6.12. The second-order valence-electron chi connectivity index (χ2n) is 3.49. The maximum absolute atomic E-state index is 10.7. The van der Waals surface area contributed by atoms with Gasteiger partial charge in [-0.25, -0.2) is 13.6 Å². The Balaban J connectivity index is 2.28. The molecule has 0 radical (unpaired) electrons. The fraction of sp³-hybridized carbons (Fsp3) is 1.00. The largest absolute Gasteiger partial charge is 0.315 e. The highest BCUT2D eigenvalue weighted by atomic mass is 32.2. The van der Waals surface area contributed by atoms with Gasteiger partial charge in [0, 0.05) is 19.1 Å². The van der Waals surface area contributed by atoms with Crippen LogP contribution in [0.1, 0.15) is 6.42 Å². The smallest absolute Gasteiger partial charge is 0.210 e. The number of nitrogens with zero attached hydrogens (tertiary/aromatic N) is 1. The van der Waals surface area contributed by atoms with Gasteiger partial charge in [0.15, 0.2) is 0 Å². The second-order valence-corrected chi connectivity index (χ2v) is 5.23. The summed E-state index contributed by atoms with van der Waals surface area (Å²) in [4.78, 5) is 2.05. The Kier molecular flexibility index (Phi) is 3.66. The number of rotatable bonds is 4. The van der Waals surface area contributed by atoms with Gasteiger partial charge < -0.3 is 10.2 Å². The Morgan fingerprint density at radius 2 is 2.31 bits per heavy atom. The molecule has 5 nitrogen and oxygen atoms in total. The SMILES string of the molecule is CN(CCS(N)(=O)=O)C1CCNC1. The molecule has 0 aromatic rings. The number of primary sulfonamides is 1. The van der Waals surface area contributed by atoms with Crippen molar-refractivity contribution in [3.63, 3.8) is 0 Å². The van der Waals surface area contributed by atoms with Crippen molar-refractivity contribution in [2.45, 2.75) is 12.5 Å². The molecule has 3 N–H and O–H groups in total. The lowest BCUT2D eigenvalue weighted by Crippen LogP contribution is -2.37. The number of hydrogen-bond acceptors (Lipinski definition) is 4. The van der Waals surface area contributed by atoms with Crippen molar-refractivity contribution in [1.82, 2.24) is 10.2 Å². The van der Waals surface area contributed by atoms with Gasteiger partial charge in [0.25, 0.3) is 0 Å². The van der Waals surface area contributed by atoms with Gasteiger partial charge >= 0.3 is 0 Å². The molecule has 1 heterocycles. The van der Waals surface area contributed by atoms with E-state index in [1.165, 1.54) is 0 Å². The minimum Gasteiger partial charge on any atom is -0.315 e. The fourth-order valence-corrected chi connectivity index (χ4v) is 2.01. The molecule has 0 aliphatic carbocycles. The molecular formula is C7H17N3O2S. The standard InChI is InChI=1S/C7H17N3O2S/c1-10(4-5-13(8,11)12)7-2-3-9-6-7/h7,9H,2-6H2,1H3,(H2,8,11,12). The van der Waals surface area contributed by atoms with E-state index in [0.29, 0.717) is 12.6 Å². The number of nitrogens with one attached hydrogen (secondary N) is 1. The molecule has 1 saturated heterocycles. The van der Waals surface area contributed by atoms with Crippen LogP contribution in [-0.4, -0.2) is 51.8 Å². The van der Waals surface area contributed by atoms with E-state index in [0.717, 1.165) is 19.5 Å². The van der Waals surface area contributed by atoms with Crippen molar-refractivity contribution in [2.24, 2.45) is 5.14 Å². The van der Waals surface area contributed by atoms with Crippen LogP contribution in [0.3, 0.4) is 0 Å². The normalized spacial score (nSPS) is 24.1. The van der Waals surface area contributed by atoms with Crippen LogP contribution in [0.4, 0.5) is 0 Å². The highest BCUT2D eigenvalue weighted by Crippen LogP contribution is 2.05. The van der Waals surface area contributed by atoms with Gasteiger partial charge in [-0.15, -0.1) is 0 Å². The van der Waals surface area contributed by atoms with E-state index in [1.807, 2.05) is 11.9 Å². The van der Waals surface area contributed by atoms with Crippen molar-refractivity contribution < 1.29 is 8.42 Å². The van der Waals surface area contributed by atoms with E-state index >= 15 is 0 Å². The van der Waals surface area contributed by atoms with Crippen molar-refractivity contribution in [2.75, 3.05) is 32.4 Å². The summed E-state index contributed by atoms with van der Waals surface area (Å²) in [5, 5.41) is 8.14. The Morgan fingerprint density at radius 1 is 1.62 bits per heavy atom. The summed E-state index contributed by atoms with van der Waals surface area (Å²) in [5.74, 6) is 0.0417. The van der Waals surface area contributed by atoms with Crippen LogP contribution in [0.2, 0.25) is 0 Å². The van der Waals surface area contributed by atoms with Gasteiger partial charge in [-0.05, 0) is 20.0 Å². The molecule has 0 spiro atoms. The molecule has 0 saturated carbocycles. The van der Waals surface area contributed by atoms with Crippen LogP contribution in [0.15, 0.2) is 0 Å². The van der Waals surface area contributed by atoms with Crippen LogP contribution in [-0.2, 0) is 10.0 Å². The van der Waals surface area contributed by atoms with Gasteiger partial charge in [0.2, 0.25) is 10.0 Å². The zero-order valence-corrected chi connectivity index (χ0v) is 8.68. The van der Waals surface area contributed by atoms with Crippen molar-refractivity contribution >= 4 is 10.0 Å². The lowest BCUT2D eigenvalue weighted by atomic mass is 10.2. The second kappa shape index (κ2) is 4.36. The average Bonchev–Trinajstić information content (AvgIpc) is 2.50. The first-order valence-electron chi connectivity index (χ1n) is 4.40. The van der Waals surface area contributed by atoms with E-state index < -0.39 is 10.0 Å². The molecule has 1 rings (SSSR count). The molecule has 1 unspecified atom stereocenters. The summed E-state index contributed by atoms with van der Waals surface area (Å²) in [7, 11) is -1.38. The molecule has 0 aromatic carbocycles. The molecule has 0 bridgehead atoms. The molecule has 0 aromatic heterocycles. The van der Waals surface area contributed by atoms with Crippen LogP contribution >= 0.6 is 0 Å². The van der Waals surface area contributed by atoms with Crippen molar-refractivity contribution in [3.8, 4) is 0 Å². The van der Waals surface area contributed by atoms with Crippen LogP contribution in [0.5, 0.6) is 0 Å². The minimum absolute atomic E-state index is 0.0417. The Bertz CT molecular complexity index is 246. The molecule has 78 valence electrons. The summed E-state index contributed by atoms with van der Waals surface area (Å²) < 4.78 is 21.4. The maximum Gasteiger partial charge on any atom is 0.210 e. The van der Waals surface area contributed by atoms with E-state index in [4.69, 9.17) is 5.14 Å². The molecular weight excluding hydrogens is 190 g/mol. The van der Waals surface area contributed by atoms with Crippen LogP contribution in [0, 0.1) is 0 Å². The van der Waals surface area contributed by atoms with E-state index in [-0.39, 0.29) is 5.75 Å². The van der Waals surface area contributed by atoms with Crippen LogP contribution in [0.25, 0.3) is 0 Å². The van der Waals surface area contributed by atoms with Crippen LogP contribution < -0.4 is 10.5 Å². The summed E-state index contributed by atoms with van der Waals surface area (Å²) in [6.07, 6.45) is 1.08. The zero-order chi connectivity index (χ0) is 9.90. The Labute approximate surface area is 79.3 Å². The molecule has 1 aliphatic heterocycles. The summed E-state index contributed by atoms with van der Waals surface area (Å²) in [6, 6.07) is 0.460. The van der Waals surface area contributed by atoms with Gasteiger partial charge in [-0.1, -0.05) is 0 Å². The first kappa shape index (κ1) is 10.9. The van der Waals surface area contributed by atoms with E-state index in [1.54, 1.807) is 0 Å². The fourth-order valence-electron chi connectivity index (χ4n) is 1.47. The summed E-state index contributed by atoms with van der Waals surface area (Å²) in [5.41, 5.74) is 0. The number of nitrogens with two attached hydrogens (primary N) is 1. The Morgan fingerprint density at radius 3 is 2.77 bits per heavy atom. The number of likely N-dealkylation sites (N-methyl/N-ethyl adjacent to an activating group) is 1. The lowest BCUT2D eigenvalue weighted by molar-refractivity contribution is 0.271. The molecule has 1 atom stereocenters. The third-order valence-corrected chi connectivity index (χ3v) is 3.14. The topological polar surface area (TPSA) is 75.4 Å². The highest BCUT2D eigenvalue weighted by Gasteiger charge is 2.19. The predicted molar refractivity (Wildman–Crippen MR) is 51.9 cm³/mol. The molecule has 1 aliphatic rings. The molecule has 1 fully saturated rings. The lowest BCUT2D eigenvalue weighted by Gasteiger charge is -2.22. The van der Waals surface area contributed by atoms with E-state index in [9.17, 15) is 8.42 Å². The first-order chi connectivity index (χ1) is 5.99. The predicted octanol–water partition coefficient (Wildman–Crippen LogP) is -1.43. The quantitative estimate of drug-likeness (QED) is 0.592. The number of hydrogen-bond donors (Lipinski definition) is 2. The minimum atomic E-state index is -3.31. The van der Waals surface area contributed by atoms with Gasteiger partial charge in [-0.2, -0.15) is 0 Å². The monoisotopic (exact) mass is 207 g/mol. The van der Waals surface area contributed by atoms with E-state index in [2.05, 4.69) is 5.32 Å². The van der Waals surface area contributed by atoms with Gasteiger partial charge in [0.05, 0.1) is 5.75 Å². The summed E-state index contributed by atoms with van der Waals surface area (Å²) >= 11 is 0. The Hall–Kier alpha value is -0.170. The molecule has 0 amide bonds. The zero-order valence-electron chi connectivity index (χ0n) is 7.86. The summed E-state index contributed by atoms with van der Waals surface area (Å²) in [6.45, 7) is 2.48. The molecule has 13 heavy (non-hydrogen) atoms. The highest BCUT2D eigenvalue weighted by molar-refractivity contribution is 7.89. The van der Waals surface area contributed by atoms with Crippen molar-refractivity contribution in [1.29, 1.82) is 0 Å². The average molecular weight is 207 g/mol. The third-order valence-electron chi connectivity index (χ3n) is 2.39. The maximum atomic E-state index is 10.7. The number of sulfonamides is 1. The van der Waals surface area contributed by atoms with Crippen molar-refractivity contribution in [3.05, 3.63) is 0 Å². The van der Waals surface area contributed by atoms with Gasteiger partial charge in [-0.3, -0.25) is 0 Å². The van der Waals surface area contributed by atoms with Gasteiger partial charge in [0.1, 0.15) is 0 Å².